The summed E-state index contributed by atoms with van der Waals surface area (Å²) in [5.41, 5.74) is 1.50. The average Bonchev–Trinajstić information content (AvgIpc) is 2.97. The van der Waals surface area contributed by atoms with Crippen LogP contribution < -0.4 is 10.6 Å². The fourth-order valence-corrected chi connectivity index (χ4v) is 3.83. The minimum Gasteiger partial charge on any atom is -0.445 e. The lowest BCUT2D eigenvalue weighted by atomic mass is 9.96. The molecule has 1 aliphatic rings. The van der Waals surface area contributed by atoms with E-state index in [1.165, 1.54) is 0 Å². The van der Waals surface area contributed by atoms with Crippen LogP contribution >= 0.6 is 0 Å². The summed E-state index contributed by atoms with van der Waals surface area (Å²) >= 11 is 0. The van der Waals surface area contributed by atoms with Gasteiger partial charge >= 0.3 is 6.09 Å². The van der Waals surface area contributed by atoms with E-state index in [0.717, 1.165) is 11.1 Å². The number of carbonyl (C=O) groups excluding carboxylic acids is 2. The molecule has 13 heteroatoms. The van der Waals surface area contributed by atoms with Gasteiger partial charge < -0.3 is 55.5 Å². The molecule has 1 aliphatic heterocycles. The van der Waals surface area contributed by atoms with Gasteiger partial charge in [0.05, 0.1) is 13.2 Å². The van der Waals surface area contributed by atoms with Gasteiger partial charge in [-0.15, -0.1) is 0 Å². The number of benzene rings is 2. The van der Waals surface area contributed by atoms with Crippen molar-refractivity contribution >= 4 is 12.0 Å². The molecular weight excluding hydrogens is 516 g/mol. The molecule has 0 spiro atoms. The van der Waals surface area contributed by atoms with Crippen LogP contribution in [0.15, 0.2) is 60.7 Å². The number of amides is 2. The van der Waals surface area contributed by atoms with Gasteiger partial charge in [0.15, 0.2) is 12.4 Å². The largest absolute Gasteiger partial charge is 0.445 e. The molecule has 3 rings (SSSR count). The lowest BCUT2D eigenvalue weighted by Crippen LogP contribution is -2.65. The number of aliphatic hydroxyl groups is 6. The van der Waals surface area contributed by atoms with E-state index in [9.17, 15) is 35.1 Å². The van der Waals surface area contributed by atoms with E-state index < -0.39 is 74.1 Å². The normalized spacial score (nSPS) is 25.2. The van der Waals surface area contributed by atoms with Crippen molar-refractivity contribution < 1.29 is 54.4 Å². The van der Waals surface area contributed by atoms with Crippen LogP contribution in [0.5, 0.6) is 0 Å². The highest BCUT2D eigenvalue weighted by molar-refractivity contribution is 5.81. The molecule has 0 aromatic heterocycles. The molecule has 0 saturated carbocycles. The smallest absolute Gasteiger partial charge is 0.407 e. The predicted octanol–water partition coefficient (Wildman–Crippen LogP) is -1.86. The van der Waals surface area contributed by atoms with Crippen molar-refractivity contribution in [3.8, 4) is 0 Å². The lowest BCUT2D eigenvalue weighted by Gasteiger charge is -2.42. The Kier molecular flexibility index (Phi) is 11.6. The maximum atomic E-state index is 12.5. The summed E-state index contributed by atoms with van der Waals surface area (Å²) in [4.78, 5) is 24.7. The van der Waals surface area contributed by atoms with E-state index >= 15 is 0 Å². The molecule has 1 fully saturated rings. The zero-order valence-corrected chi connectivity index (χ0v) is 20.9. The van der Waals surface area contributed by atoms with Gasteiger partial charge in [-0.2, -0.15) is 0 Å². The summed E-state index contributed by atoms with van der Waals surface area (Å²) in [6.07, 6.45) is -12.5. The zero-order chi connectivity index (χ0) is 28.4. The number of rotatable bonds is 12. The molecule has 8 N–H and O–H groups in total. The first-order valence-corrected chi connectivity index (χ1v) is 12.3. The number of carbonyl (C=O) groups is 2. The highest BCUT2D eigenvalue weighted by Gasteiger charge is 2.46. The van der Waals surface area contributed by atoms with Crippen molar-refractivity contribution in [1.82, 2.24) is 10.6 Å². The molecule has 2 aromatic carbocycles. The molecule has 1 saturated heterocycles. The first-order chi connectivity index (χ1) is 18.7. The molecule has 2 aromatic rings. The summed E-state index contributed by atoms with van der Waals surface area (Å²) in [5.74, 6) is -1.12. The Balaban J connectivity index is 1.65. The van der Waals surface area contributed by atoms with E-state index in [2.05, 4.69) is 10.6 Å². The molecule has 0 bridgehead atoms. The summed E-state index contributed by atoms with van der Waals surface area (Å²) in [6, 6.07) is 16.6. The van der Waals surface area contributed by atoms with Crippen LogP contribution in [0, 0.1) is 0 Å². The van der Waals surface area contributed by atoms with Gasteiger partial charge in [0.1, 0.15) is 43.2 Å². The molecule has 0 aliphatic carbocycles. The second-order valence-electron chi connectivity index (χ2n) is 8.98. The van der Waals surface area contributed by atoms with Crippen molar-refractivity contribution in [2.24, 2.45) is 0 Å². The summed E-state index contributed by atoms with van der Waals surface area (Å²) in [6.45, 7) is -1.34. The third-order valence-electron chi connectivity index (χ3n) is 6.11. The second kappa shape index (κ2) is 14.9. The number of aliphatic hydroxyl groups excluding tert-OH is 6. The minimum absolute atomic E-state index is 0.0224. The third kappa shape index (κ3) is 8.68. The standard InChI is InChI=1S/C26H34N2O11/c29-12-17(30)20(31)23(34)24(35)27-11-18-21(32)22(33)19(25(39-18)37-13-15-7-3-1-4-8-15)28-26(36)38-14-16-9-5-2-6-10-16/h1-10,17-23,25,29-34H,11-14H2,(H,27,35)(H,28,36)/t17-,18-,19-,20-,21-,22-,23-,25+/m1/s1. The Morgan fingerprint density at radius 3 is 2.08 bits per heavy atom. The first kappa shape index (κ1) is 30.4. The van der Waals surface area contributed by atoms with Crippen molar-refractivity contribution in [2.45, 2.75) is 62.2 Å². The Hall–Kier alpha value is -3.14. The fraction of sp³-hybridized carbons (Fsp3) is 0.462. The number of hydrogen-bond donors (Lipinski definition) is 8. The zero-order valence-electron chi connectivity index (χ0n) is 20.9. The Morgan fingerprint density at radius 1 is 0.897 bits per heavy atom. The number of ether oxygens (including phenoxy) is 3. The van der Waals surface area contributed by atoms with Gasteiger partial charge in [0.25, 0.3) is 5.91 Å². The lowest BCUT2D eigenvalue weighted by molar-refractivity contribution is -0.266. The summed E-state index contributed by atoms with van der Waals surface area (Å²) in [7, 11) is 0. The Bertz CT molecular complexity index is 1030. The molecule has 214 valence electrons. The minimum atomic E-state index is -2.09. The van der Waals surface area contributed by atoms with Crippen LogP contribution in [-0.4, -0.2) is 105 Å². The van der Waals surface area contributed by atoms with E-state index in [4.69, 9.17) is 19.3 Å². The summed E-state index contributed by atoms with van der Waals surface area (Å²) in [5, 5.41) is 64.1. The Labute approximate surface area is 224 Å². The SMILES string of the molecule is O=C(N[C@H]1[C@@H](OCc2ccccc2)O[C@H](CNC(=O)[C@H](O)[C@H](O)[C@H](O)CO)[C@@H](O)[C@@H]1O)OCc1ccccc1. The molecule has 13 nitrogen and oxygen atoms in total. The highest BCUT2D eigenvalue weighted by Crippen LogP contribution is 2.23. The van der Waals surface area contributed by atoms with E-state index in [1.54, 1.807) is 48.5 Å². The molecule has 0 radical (unpaired) electrons. The maximum Gasteiger partial charge on any atom is 0.407 e. The topological polar surface area (TPSA) is 207 Å². The highest BCUT2D eigenvalue weighted by atomic mass is 16.7. The van der Waals surface area contributed by atoms with E-state index in [-0.39, 0.29) is 13.2 Å². The number of alkyl carbamates (subject to hydrolysis) is 1. The number of nitrogens with one attached hydrogen (secondary N) is 2. The van der Waals surface area contributed by atoms with Gasteiger partial charge in [-0.05, 0) is 11.1 Å². The van der Waals surface area contributed by atoms with Crippen molar-refractivity contribution in [2.75, 3.05) is 13.2 Å². The molecule has 1 heterocycles. The first-order valence-electron chi connectivity index (χ1n) is 12.3. The van der Waals surface area contributed by atoms with Crippen LogP contribution in [0.3, 0.4) is 0 Å². The van der Waals surface area contributed by atoms with Crippen LogP contribution in [0.25, 0.3) is 0 Å². The Morgan fingerprint density at radius 2 is 1.49 bits per heavy atom. The van der Waals surface area contributed by atoms with Gasteiger partial charge in [-0.3, -0.25) is 4.79 Å². The van der Waals surface area contributed by atoms with Crippen LogP contribution in [-0.2, 0) is 32.2 Å². The van der Waals surface area contributed by atoms with E-state index in [1.807, 2.05) is 12.1 Å². The molecule has 2 amide bonds. The third-order valence-corrected chi connectivity index (χ3v) is 6.11. The monoisotopic (exact) mass is 550 g/mol. The van der Waals surface area contributed by atoms with Crippen LogP contribution in [0.1, 0.15) is 11.1 Å². The molecule has 39 heavy (non-hydrogen) atoms. The van der Waals surface area contributed by atoms with Crippen LogP contribution in [0.4, 0.5) is 4.79 Å². The van der Waals surface area contributed by atoms with Crippen molar-refractivity contribution in [1.29, 1.82) is 0 Å². The number of hydrogen-bond acceptors (Lipinski definition) is 11. The second-order valence-corrected chi connectivity index (χ2v) is 8.98. The fourth-order valence-electron chi connectivity index (χ4n) is 3.83. The molecule has 8 atom stereocenters. The van der Waals surface area contributed by atoms with Gasteiger partial charge in [-0.1, -0.05) is 60.7 Å². The van der Waals surface area contributed by atoms with Crippen molar-refractivity contribution in [3.63, 3.8) is 0 Å². The average molecular weight is 551 g/mol. The predicted molar refractivity (Wildman–Crippen MR) is 134 cm³/mol. The van der Waals surface area contributed by atoms with E-state index in [0.29, 0.717) is 0 Å². The van der Waals surface area contributed by atoms with Crippen molar-refractivity contribution in [3.05, 3.63) is 71.8 Å². The van der Waals surface area contributed by atoms with Gasteiger partial charge in [0.2, 0.25) is 0 Å². The molecule has 0 unspecified atom stereocenters. The van der Waals surface area contributed by atoms with Gasteiger partial charge in [0, 0.05) is 6.54 Å². The quantitative estimate of drug-likeness (QED) is 0.147. The summed E-state index contributed by atoms with van der Waals surface area (Å²) < 4.78 is 16.8. The maximum absolute atomic E-state index is 12.5. The molecular formula is C26H34N2O11. The van der Waals surface area contributed by atoms with Crippen LogP contribution in [0.2, 0.25) is 0 Å². The van der Waals surface area contributed by atoms with Gasteiger partial charge in [-0.25, -0.2) is 4.79 Å².